The summed E-state index contributed by atoms with van der Waals surface area (Å²) in [6.45, 7) is 0. The molecule has 0 unspecified atom stereocenters. The lowest BCUT2D eigenvalue weighted by atomic mass is 10.1. The zero-order valence-electron chi connectivity index (χ0n) is 11.4. The summed E-state index contributed by atoms with van der Waals surface area (Å²) in [5.41, 5.74) is -1.14. The number of rotatable bonds is 5. The van der Waals surface area contributed by atoms with E-state index in [1.807, 2.05) is 0 Å². The number of hydrogen-bond acceptors (Lipinski definition) is 4. The molecule has 0 aromatic heterocycles. The van der Waals surface area contributed by atoms with Crippen molar-refractivity contribution in [1.29, 1.82) is 0 Å². The second kappa shape index (κ2) is 6.07. The minimum absolute atomic E-state index is 0.0221. The molecule has 0 saturated carbocycles. The van der Waals surface area contributed by atoms with Crippen LogP contribution in [-0.2, 0) is 10.3 Å². The van der Waals surface area contributed by atoms with Gasteiger partial charge in [-0.25, -0.2) is 13.9 Å². The highest BCUT2D eigenvalue weighted by atomic mass is 32.2. The van der Waals surface area contributed by atoms with Crippen LogP contribution in [0, 0.1) is 0 Å². The fourth-order valence-electron chi connectivity index (χ4n) is 1.95. The zero-order chi connectivity index (χ0) is 17.2. The molecule has 2 aromatic rings. The Balaban J connectivity index is 2.73. The summed E-state index contributed by atoms with van der Waals surface area (Å²) in [4.78, 5) is 22.2. The van der Waals surface area contributed by atoms with Gasteiger partial charge in [0.25, 0.3) is 0 Å². The molecule has 0 spiro atoms. The lowest BCUT2D eigenvalue weighted by Crippen LogP contribution is -2.25. The standard InChI is InChI=1S/C14H11NO7S/c16-13(17)9-6-10(14(18)19)8-12(7-9)15(23(20,21)22)11-4-2-1-3-5-11/h1-8H,(H,16,17)(H,18,19)(H,20,21,22). The normalized spacial score (nSPS) is 11.0. The highest BCUT2D eigenvalue weighted by molar-refractivity contribution is 7.87. The molecule has 0 aliphatic carbocycles. The third-order valence-corrected chi connectivity index (χ3v) is 3.75. The average Bonchev–Trinajstić information content (AvgIpc) is 2.46. The summed E-state index contributed by atoms with van der Waals surface area (Å²) >= 11 is 0. The first-order valence-corrected chi connectivity index (χ1v) is 7.54. The number of carboxylic acid groups (broad SMARTS) is 2. The Bertz CT molecular complexity index is 830. The Hall–Kier alpha value is -2.91. The predicted octanol–water partition coefficient (Wildman–Crippen LogP) is 2.02. The molecule has 120 valence electrons. The monoisotopic (exact) mass is 337 g/mol. The molecule has 0 fully saturated rings. The van der Waals surface area contributed by atoms with Crippen molar-refractivity contribution < 1.29 is 32.8 Å². The molecule has 9 heteroatoms. The van der Waals surface area contributed by atoms with Crippen LogP contribution in [0.25, 0.3) is 0 Å². The SMILES string of the molecule is O=C(O)c1cc(C(=O)O)cc(N(c2ccccc2)S(=O)(=O)O)c1. The molecular weight excluding hydrogens is 326 g/mol. The van der Waals surface area contributed by atoms with Gasteiger partial charge in [0.15, 0.2) is 0 Å². The maximum Gasteiger partial charge on any atom is 0.364 e. The molecule has 3 N–H and O–H groups in total. The van der Waals surface area contributed by atoms with E-state index in [0.717, 1.165) is 18.2 Å². The Morgan fingerprint density at radius 2 is 1.30 bits per heavy atom. The van der Waals surface area contributed by atoms with E-state index in [4.69, 9.17) is 10.2 Å². The summed E-state index contributed by atoms with van der Waals surface area (Å²) in [6.07, 6.45) is 0. The van der Waals surface area contributed by atoms with Gasteiger partial charge in [-0.15, -0.1) is 0 Å². The van der Waals surface area contributed by atoms with Crippen molar-refractivity contribution in [1.82, 2.24) is 0 Å². The minimum atomic E-state index is -4.81. The van der Waals surface area contributed by atoms with Gasteiger partial charge < -0.3 is 10.2 Å². The van der Waals surface area contributed by atoms with Gasteiger partial charge >= 0.3 is 22.2 Å². The molecule has 0 bridgehead atoms. The highest BCUT2D eigenvalue weighted by Gasteiger charge is 2.24. The van der Waals surface area contributed by atoms with Crippen molar-refractivity contribution in [3.8, 4) is 0 Å². The van der Waals surface area contributed by atoms with E-state index >= 15 is 0 Å². The molecule has 0 heterocycles. The third kappa shape index (κ3) is 3.65. The molecule has 2 rings (SSSR count). The van der Waals surface area contributed by atoms with Crippen LogP contribution in [0.1, 0.15) is 20.7 Å². The van der Waals surface area contributed by atoms with E-state index in [2.05, 4.69) is 0 Å². The molecule has 0 saturated heterocycles. The van der Waals surface area contributed by atoms with Crippen LogP contribution in [-0.4, -0.2) is 35.1 Å². The molecular formula is C14H11NO7S. The van der Waals surface area contributed by atoms with Crippen molar-refractivity contribution >= 4 is 33.6 Å². The Morgan fingerprint density at radius 1 is 0.826 bits per heavy atom. The summed E-state index contributed by atoms with van der Waals surface area (Å²) in [5, 5.41) is 18.1. The number of para-hydroxylation sites is 1. The number of benzene rings is 2. The van der Waals surface area contributed by atoms with Crippen molar-refractivity contribution in [2.75, 3.05) is 4.31 Å². The van der Waals surface area contributed by atoms with Crippen LogP contribution in [0.2, 0.25) is 0 Å². The van der Waals surface area contributed by atoms with E-state index in [0.29, 0.717) is 4.31 Å². The second-order valence-corrected chi connectivity index (χ2v) is 5.72. The third-order valence-electron chi connectivity index (χ3n) is 2.87. The van der Waals surface area contributed by atoms with Gasteiger partial charge in [-0.2, -0.15) is 8.42 Å². The summed E-state index contributed by atoms with van der Waals surface area (Å²) in [6, 6.07) is 10.1. The number of carbonyl (C=O) groups is 2. The minimum Gasteiger partial charge on any atom is -0.478 e. The van der Waals surface area contributed by atoms with Crippen molar-refractivity contribution in [3.05, 3.63) is 59.7 Å². The van der Waals surface area contributed by atoms with E-state index in [1.54, 1.807) is 6.07 Å². The van der Waals surface area contributed by atoms with Gasteiger partial charge in [0.2, 0.25) is 0 Å². The van der Waals surface area contributed by atoms with Crippen LogP contribution in [0.3, 0.4) is 0 Å². The van der Waals surface area contributed by atoms with E-state index in [-0.39, 0.29) is 11.4 Å². The summed E-state index contributed by atoms with van der Waals surface area (Å²) < 4.78 is 33.3. The predicted molar refractivity (Wildman–Crippen MR) is 80.5 cm³/mol. The first kappa shape index (κ1) is 16.5. The topological polar surface area (TPSA) is 132 Å². The number of nitrogens with zero attached hydrogens (tertiary/aromatic N) is 1. The molecule has 0 amide bonds. The molecule has 8 nitrogen and oxygen atoms in total. The molecule has 0 aliphatic heterocycles. The Kier molecular flexibility index (Phi) is 4.34. The smallest absolute Gasteiger partial charge is 0.364 e. The molecule has 0 radical (unpaired) electrons. The van der Waals surface area contributed by atoms with Crippen LogP contribution in [0.15, 0.2) is 48.5 Å². The molecule has 2 aromatic carbocycles. The van der Waals surface area contributed by atoms with Crippen LogP contribution in [0.4, 0.5) is 11.4 Å². The van der Waals surface area contributed by atoms with Crippen LogP contribution < -0.4 is 4.31 Å². The molecule has 23 heavy (non-hydrogen) atoms. The van der Waals surface area contributed by atoms with Crippen LogP contribution >= 0.6 is 0 Å². The van der Waals surface area contributed by atoms with Crippen molar-refractivity contribution in [2.24, 2.45) is 0 Å². The molecule has 0 aliphatic rings. The number of carboxylic acids is 2. The van der Waals surface area contributed by atoms with Gasteiger partial charge in [0.1, 0.15) is 0 Å². The van der Waals surface area contributed by atoms with Crippen molar-refractivity contribution in [3.63, 3.8) is 0 Å². The Labute approximate surface area is 131 Å². The number of anilines is 2. The van der Waals surface area contributed by atoms with Crippen LogP contribution in [0.5, 0.6) is 0 Å². The lowest BCUT2D eigenvalue weighted by molar-refractivity contribution is 0.0696. The zero-order valence-corrected chi connectivity index (χ0v) is 12.3. The molecule has 0 atom stereocenters. The van der Waals surface area contributed by atoms with Gasteiger partial charge in [0, 0.05) is 0 Å². The Morgan fingerprint density at radius 3 is 1.70 bits per heavy atom. The quantitative estimate of drug-likeness (QED) is 0.711. The maximum atomic E-state index is 11.7. The first-order chi connectivity index (χ1) is 10.7. The van der Waals surface area contributed by atoms with Gasteiger partial charge in [0.05, 0.1) is 22.5 Å². The number of hydrogen-bond donors (Lipinski definition) is 3. The van der Waals surface area contributed by atoms with Gasteiger partial charge in [-0.05, 0) is 30.3 Å². The van der Waals surface area contributed by atoms with Gasteiger partial charge in [-0.3, -0.25) is 4.55 Å². The maximum absolute atomic E-state index is 11.7. The number of aromatic carboxylic acids is 2. The highest BCUT2D eigenvalue weighted by Crippen LogP contribution is 2.30. The van der Waals surface area contributed by atoms with E-state index in [9.17, 15) is 22.6 Å². The fourth-order valence-corrected chi connectivity index (χ4v) is 2.71. The van der Waals surface area contributed by atoms with Gasteiger partial charge in [-0.1, -0.05) is 18.2 Å². The van der Waals surface area contributed by atoms with E-state index in [1.165, 1.54) is 24.3 Å². The second-order valence-electron chi connectivity index (χ2n) is 4.46. The summed E-state index contributed by atoms with van der Waals surface area (Å²) in [7, 11) is -4.81. The van der Waals surface area contributed by atoms with Crippen molar-refractivity contribution in [2.45, 2.75) is 0 Å². The average molecular weight is 337 g/mol. The van der Waals surface area contributed by atoms with E-state index < -0.39 is 33.4 Å². The first-order valence-electron chi connectivity index (χ1n) is 6.14. The fraction of sp³-hybridized carbons (Fsp3) is 0. The largest absolute Gasteiger partial charge is 0.478 e. The lowest BCUT2D eigenvalue weighted by Gasteiger charge is -2.21. The summed E-state index contributed by atoms with van der Waals surface area (Å²) in [5.74, 6) is -2.87.